The van der Waals surface area contributed by atoms with E-state index in [1.54, 1.807) is 11.3 Å². The summed E-state index contributed by atoms with van der Waals surface area (Å²) in [4.78, 5) is 5.67. The largest absolute Gasteiger partial charge is 0.354 e. The summed E-state index contributed by atoms with van der Waals surface area (Å²) in [5.74, 6) is 0.726. The average Bonchev–Trinajstić information content (AvgIpc) is 2.97. The van der Waals surface area contributed by atoms with E-state index >= 15 is 0 Å². The molecular formula is C14H19N3S. The summed E-state index contributed by atoms with van der Waals surface area (Å²) in [6.07, 6.45) is 8.01. The first-order valence-corrected chi connectivity index (χ1v) is 7.42. The Kier molecular flexibility index (Phi) is 3.22. The number of thiazole rings is 1. The topological polar surface area (TPSA) is 43.8 Å². The van der Waals surface area contributed by atoms with Gasteiger partial charge in [-0.1, -0.05) is 0 Å². The fourth-order valence-electron chi connectivity index (χ4n) is 2.32. The Morgan fingerprint density at radius 3 is 3.06 bits per heavy atom. The van der Waals surface area contributed by atoms with Gasteiger partial charge in [-0.3, -0.25) is 0 Å². The molecule has 0 bridgehead atoms. The van der Waals surface area contributed by atoms with Crippen LogP contribution in [0.15, 0.2) is 24.0 Å². The van der Waals surface area contributed by atoms with Gasteiger partial charge in [-0.25, -0.2) is 4.98 Å². The maximum Gasteiger partial charge on any atom is 0.0797 e. The van der Waals surface area contributed by atoms with Crippen LogP contribution in [0.1, 0.15) is 35.0 Å². The number of nitrogens with two attached hydrogens (primary N) is 1. The van der Waals surface area contributed by atoms with Crippen LogP contribution >= 0.6 is 11.3 Å². The molecule has 2 N–H and O–H groups in total. The molecule has 2 aromatic rings. The van der Waals surface area contributed by atoms with Crippen molar-refractivity contribution < 1.29 is 0 Å². The van der Waals surface area contributed by atoms with Crippen LogP contribution in [0.25, 0.3) is 0 Å². The van der Waals surface area contributed by atoms with Crippen molar-refractivity contribution in [2.75, 3.05) is 0 Å². The lowest BCUT2D eigenvalue weighted by molar-refractivity contribution is 0.627. The van der Waals surface area contributed by atoms with Gasteiger partial charge in [-0.2, -0.15) is 0 Å². The molecule has 1 atom stereocenters. The summed E-state index contributed by atoms with van der Waals surface area (Å²) >= 11 is 1.75. The Morgan fingerprint density at radius 1 is 1.56 bits per heavy atom. The van der Waals surface area contributed by atoms with Crippen molar-refractivity contribution in [3.8, 4) is 0 Å². The van der Waals surface area contributed by atoms with E-state index in [0.29, 0.717) is 0 Å². The fourth-order valence-corrected chi connectivity index (χ4v) is 3.09. The zero-order valence-corrected chi connectivity index (χ0v) is 11.5. The van der Waals surface area contributed by atoms with Gasteiger partial charge in [0, 0.05) is 36.3 Å². The van der Waals surface area contributed by atoms with Crippen LogP contribution in [0.4, 0.5) is 0 Å². The maximum absolute atomic E-state index is 6.21. The standard InChI is InChI=1S/C14H19N3S/c1-10-13(18-9-16-10)5-7-17-6-4-12(8-17)14(15)11-2-3-11/h4,6,8-9,11,14H,2-3,5,7,15H2,1H3. The lowest BCUT2D eigenvalue weighted by Crippen LogP contribution is -2.11. The minimum Gasteiger partial charge on any atom is -0.354 e. The molecule has 96 valence electrons. The third-order valence-corrected chi connectivity index (χ3v) is 4.72. The van der Waals surface area contributed by atoms with Gasteiger partial charge in [0.2, 0.25) is 0 Å². The second-order valence-electron chi connectivity index (χ2n) is 5.16. The van der Waals surface area contributed by atoms with E-state index in [2.05, 4.69) is 34.9 Å². The molecule has 0 spiro atoms. The molecule has 1 aliphatic carbocycles. The lowest BCUT2D eigenvalue weighted by atomic mass is 10.1. The van der Waals surface area contributed by atoms with Crippen LogP contribution in [0.3, 0.4) is 0 Å². The summed E-state index contributed by atoms with van der Waals surface area (Å²) in [6, 6.07) is 2.42. The monoisotopic (exact) mass is 261 g/mol. The van der Waals surface area contributed by atoms with Gasteiger partial charge in [0.15, 0.2) is 0 Å². The predicted molar refractivity (Wildman–Crippen MR) is 74.6 cm³/mol. The molecule has 3 nitrogen and oxygen atoms in total. The Labute approximate surface area is 112 Å². The molecule has 0 aliphatic heterocycles. The molecule has 0 radical (unpaired) electrons. The minimum absolute atomic E-state index is 0.247. The second kappa shape index (κ2) is 4.86. The van der Waals surface area contributed by atoms with Crippen molar-refractivity contribution in [1.29, 1.82) is 0 Å². The van der Waals surface area contributed by atoms with Gasteiger partial charge in [0.05, 0.1) is 11.2 Å². The van der Waals surface area contributed by atoms with E-state index < -0.39 is 0 Å². The molecule has 2 heterocycles. The normalized spacial score (nSPS) is 17.0. The van der Waals surface area contributed by atoms with E-state index in [-0.39, 0.29) is 6.04 Å². The molecule has 1 unspecified atom stereocenters. The first-order chi connectivity index (χ1) is 8.74. The van der Waals surface area contributed by atoms with Gasteiger partial charge in [-0.15, -0.1) is 11.3 Å². The van der Waals surface area contributed by atoms with E-state index in [1.807, 2.05) is 5.51 Å². The predicted octanol–water partition coefficient (Wildman–Crippen LogP) is 2.91. The Balaban J connectivity index is 1.61. The summed E-state index contributed by atoms with van der Waals surface area (Å²) in [5.41, 5.74) is 10.6. The summed E-state index contributed by atoms with van der Waals surface area (Å²) in [7, 11) is 0. The molecule has 0 amide bonds. The molecule has 0 saturated heterocycles. The smallest absolute Gasteiger partial charge is 0.0797 e. The molecule has 18 heavy (non-hydrogen) atoms. The van der Waals surface area contributed by atoms with Crippen molar-refractivity contribution in [1.82, 2.24) is 9.55 Å². The highest BCUT2D eigenvalue weighted by molar-refractivity contribution is 7.09. The van der Waals surface area contributed by atoms with E-state index in [9.17, 15) is 0 Å². The molecule has 2 aromatic heterocycles. The number of aryl methyl sites for hydroxylation is 3. The number of hydrogen-bond acceptors (Lipinski definition) is 3. The Morgan fingerprint density at radius 2 is 2.39 bits per heavy atom. The highest BCUT2D eigenvalue weighted by atomic mass is 32.1. The van der Waals surface area contributed by atoms with Crippen LogP contribution in [0.5, 0.6) is 0 Å². The minimum atomic E-state index is 0.247. The van der Waals surface area contributed by atoms with Gasteiger partial charge in [-0.05, 0) is 37.3 Å². The van der Waals surface area contributed by atoms with Crippen molar-refractivity contribution in [2.24, 2.45) is 11.7 Å². The second-order valence-corrected chi connectivity index (χ2v) is 6.10. The highest BCUT2D eigenvalue weighted by Crippen LogP contribution is 2.39. The van der Waals surface area contributed by atoms with Crippen LogP contribution in [-0.4, -0.2) is 9.55 Å². The summed E-state index contributed by atoms with van der Waals surface area (Å²) in [5, 5.41) is 0. The molecule has 3 rings (SSSR count). The third kappa shape index (κ3) is 2.49. The summed E-state index contributed by atoms with van der Waals surface area (Å²) < 4.78 is 2.25. The quantitative estimate of drug-likeness (QED) is 0.899. The fraction of sp³-hybridized carbons (Fsp3) is 0.500. The van der Waals surface area contributed by atoms with Crippen molar-refractivity contribution in [3.05, 3.63) is 40.1 Å². The number of hydrogen-bond donors (Lipinski definition) is 1. The molecule has 4 heteroatoms. The zero-order chi connectivity index (χ0) is 12.5. The number of nitrogens with zero attached hydrogens (tertiary/aromatic N) is 2. The average molecular weight is 261 g/mol. The number of aromatic nitrogens is 2. The van der Waals surface area contributed by atoms with Crippen molar-refractivity contribution in [3.63, 3.8) is 0 Å². The maximum atomic E-state index is 6.21. The van der Waals surface area contributed by atoms with E-state index in [4.69, 9.17) is 5.73 Å². The molecule has 1 aliphatic rings. The van der Waals surface area contributed by atoms with E-state index in [0.717, 1.165) is 18.9 Å². The van der Waals surface area contributed by atoms with E-state index in [1.165, 1.54) is 29.0 Å². The highest BCUT2D eigenvalue weighted by Gasteiger charge is 2.29. The first kappa shape index (κ1) is 11.9. The summed E-state index contributed by atoms with van der Waals surface area (Å²) in [6.45, 7) is 3.09. The van der Waals surface area contributed by atoms with Crippen molar-refractivity contribution in [2.45, 2.75) is 38.8 Å². The van der Waals surface area contributed by atoms with Gasteiger partial charge in [0.1, 0.15) is 0 Å². The SMILES string of the molecule is Cc1ncsc1CCn1ccc(C(N)C2CC2)c1. The molecule has 1 saturated carbocycles. The molecular weight excluding hydrogens is 242 g/mol. The molecule has 0 aromatic carbocycles. The van der Waals surface area contributed by atoms with Crippen LogP contribution in [0.2, 0.25) is 0 Å². The van der Waals surface area contributed by atoms with Crippen LogP contribution in [-0.2, 0) is 13.0 Å². The zero-order valence-electron chi connectivity index (χ0n) is 10.7. The van der Waals surface area contributed by atoms with Gasteiger partial charge in [0.25, 0.3) is 0 Å². The van der Waals surface area contributed by atoms with Crippen LogP contribution in [0, 0.1) is 12.8 Å². The van der Waals surface area contributed by atoms with Gasteiger partial charge < -0.3 is 10.3 Å². The van der Waals surface area contributed by atoms with Gasteiger partial charge >= 0.3 is 0 Å². The van der Waals surface area contributed by atoms with Crippen LogP contribution < -0.4 is 5.73 Å². The lowest BCUT2D eigenvalue weighted by Gasteiger charge is -2.07. The Hall–Kier alpha value is -1.13. The molecule has 1 fully saturated rings. The Bertz CT molecular complexity index is 525. The number of rotatable bonds is 5. The third-order valence-electron chi connectivity index (χ3n) is 3.73. The van der Waals surface area contributed by atoms with Crippen molar-refractivity contribution >= 4 is 11.3 Å². The first-order valence-electron chi connectivity index (χ1n) is 6.54.